The molecule has 3 nitrogen and oxygen atoms in total. The van der Waals surface area contributed by atoms with Gasteiger partial charge in [-0.05, 0) is 56.9 Å². The molecular formula is C16H23NO2. The van der Waals surface area contributed by atoms with Crippen molar-refractivity contribution in [2.45, 2.75) is 45.6 Å². The van der Waals surface area contributed by atoms with Crippen LogP contribution in [0, 0.1) is 0 Å². The monoisotopic (exact) mass is 261 g/mol. The van der Waals surface area contributed by atoms with Crippen LogP contribution in [0.25, 0.3) is 0 Å². The fourth-order valence-corrected chi connectivity index (χ4v) is 2.92. The number of rotatable bonds is 2. The number of carbonyl (C=O) groups is 1. The minimum Gasteiger partial charge on any atom is -0.462 e. The minimum atomic E-state index is -0.231. The highest BCUT2D eigenvalue weighted by Crippen LogP contribution is 2.42. The second-order valence-corrected chi connectivity index (χ2v) is 5.97. The van der Waals surface area contributed by atoms with Crippen LogP contribution in [0.15, 0.2) is 18.2 Å². The van der Waals surface area contributed by atoms with Gasteiger partial charge in [0.1, 0.15) is 0 Å². The minimum absolute atomic E-state index is 0.151. The first-order valence-electron chi connectivity index (χ1n) is 6.91. The number of esters is 1. The van der Waals surface area contributed by atoms with Gasteiger partial charge in [0.15, 0.2) is 0 Å². The zero-order valence-corrected chi connectivity index (χ0v) is 12.5. The second kappa shape index (κ2) is 4.87. The first-order valence-corrected chi connectivity index (χ1v) is 6.91. The van der Waals surface area contributed by atoms with Crippen LogP contribution in [0.5, 0.6) is 0 Å². The predicted molar refractivity (Wildman–Crippen MR) is 77.9 cm³/mol. The van der Waals surface area contributed by atoms with Crippen LogP contribution in [0.3, 0.4) is 0 Å². The molecule has 0 amide bonds. The summed E-state index contributed by atoms with van der Waals surface area (Å²) in [5, 5.41) is 0. The van der Waals surface area contributed by atoms with E-state index in [0.717, 1.165) is 6.42 Å². The van der Waals surface area contributed by atoms with Gasteiger partial charge in [-0.2, -0.15) is 0 Å². The molecular weight excluding hydrogens is 238 g/mol. The van der Waals surface area contributed by atoms with Crippen LogP contribution in [-0.2, 0) is 4.74 Å². The van der Waals surface area contributed by atoms with Crippen molar-refractivity contribution in [3.8, 4) is 0 Å². The maximum Gasteiger partial charge on any atom is 0.338 e. The third-order valence-corrected chi connectivity index (χ3v) is 4.14. The van der Waals surface area contributed by atoms with Gasteiger partial charge in [0.05, 0.1) is 12.2 Å². The number of benzene rings is 1. The lowest BCUT2D eigenvalue weighted by molar-refractivity contribution is 0.0526. The van der Waals surface area contributed by atoms with Crippen LogP contribution in [0.2, 0.25) is 0 Å². The fourth-order valence-electron chi connectivity index (χ4n) is 2.92. The first-order chi connectivity index (χ1) is 8.86. The molecule has 0 N–H and O–H groups in total. The molecule has 0 spiro atoms. The molecule has 0 aromatic heterocycles. The molecule has 19 heavy (non-hydrogen) atoms. The van der Waals surface area contributed by atoms with E-state index in [0.29, 0.717) is 18.1 Å². The van der Waals surface area contributed by atoms with Crippen molar-refractivity contribution in [2.75, 3.05) is 18.6 Å². The van der Waals surface area contributed by atoms with Crippen molar-refractivity contribution in [2.24, 2.45) is 0 Å². The van der Waals surface area contributed by atoms with Crippen LogP contribution >= 0.6 is 0 Å². The quantitative estimate of drug-likeness (QED) is 0.762. The molecule has 0 bridgehead atoms. The third kappa shape index (κ3) is 2.46. The predicted octanol–water partition coefficient (Wildman–Crippen LogP) is 3.59. The smallest absolute Gasteiger partial charge is 0.338 e. The van der Waals surface area contributed by atoms with E-state index in [9.17, 15) is 4.79 Å². The van der Waals surface area contributed by atoms with E-state index >= 15 is 0 Å². The zero-order valence-electron chi connectivity index (χ0n) is 12.5. The maximum atomic E-state index is 11.8. The Morgan fingerprint density at radius 2 is 2.16 bits per heavy atom. The SMILES string of the molecule is CCOC(=O)c1ccc2c(c1)[C@@H](C)CC(C)(C)N2C. The first kappa shape index (κ1) is 13.9. The Morgan fingerprint density at radius 1 is 1.47 bits per heavy atom. The number of hydrogen-bond acceptors (Lipinski definition) is 3. The second-order valence-electron chi connectivity index (χ2n) is 5.97. The van der Waals surface area contributed by atoms with E-state index in [-0.39, 0.29) is 11.5 Å². The summed E-state index contributed by atoms with van der Waals surface area (Å²) in [5.41, 5.74) is 3.27. The van der Waals surface area contributed by atoms with Gasteiger partial charge in [-0.15, -0.1) is 0 Å². The molecule has 1 aromatic rings. The topological polar surface area (TPSA) is 29.5 Å². The fraction of sp³-hybridized carbons (Fsp3) is 0.562. The van der Waals surface area contributed by atoms with Crippen molar-refractivity contribution in [1.82, 2.24) is 0 Å². The standard InChI is InChI=1S/C16H23NO2/c1-6-19-15(18)12-7-8-14-13(9-12)11(2)10-16(3,4)17(14)5/h7-9,11H,6,10H2,1-5H3/t11-/m0/s1. The van der Waals surface area contributed by atoms with Crippen molar-refractivity contribution in [3.05, 3.63) is 29.3 Å². The molecule has 1 aliphatic heterocycles. The lowest BCUT2D eigenvalue weighted by Crippen LogP contribution is -2.45. The maximum absolute atomic E-state index is 11.8. The highest BCUT2D eigenvalue weighted by molar-refractivity contribution is 5.90. The van der Waals surface area contributed by atoms with E-state index in [2.05, 4.69) is 32.7 Å². The highest BCUT2D eigenvalue weighted by atomic mass is 16.5. The summed E-state index contributed by atoms with van der Waals surface area (Å²) in [4.78, 5) is 14.1. The van der Waals surface area contributed by atoms with Crippen LogP contribution in [0.4, 0.5) is 5.69 Å². The van der Waals surface area contributed by atoms with Gasteiger partial charge in [0.2, 0.25) is 0 Å². The van der Waals surface area contributed by atoms with Crippen LogP contribution in [-0.4, -0.2) is 25.2 Å². The molecule has 0 radical (unpaired) electrons. The van der Waals surface area contributed by atoms with E-state index in [1.165, 1.54) is 11.3 Å². The molecule has 104 valence electrons. The Labute approximate surface area is 115 Å². The van der Waals surface area contributed by atoms with Crippen molar-refractivity contribution in [3.63, 3.8) is 0 Å². The number of carbonyl (C=O) groups excluding carboxylic acids is 1. The summed E-state index contributed by atoms with van der Waals surface area (Å²) in [6, 6.07) is 5.89. The number of hydrogen-bond donors (Lipinski definition) is 0. The summed E-state index contributed by atoms with van der Waals surface area (Å²) < 4.78 is 5.07. The molecule has 0 fully saturated rings. The molecule has 1 aromatic carbocycles. The van der Waals surface area contributed by atoms with E-state index in [4.69, 9.17) is 4.74 Å². The molecule has 2 rings (SSSR count). The van der Waals surface area contributed by atoms with Gasteiger partial charge >= 0.3 is 5.97 Å². The summed E-state index contributed by atoms with van der Waals surface area (Å²) in [5.74, 6) is 0.223. The Kier molecular flexibility index (Phi) is 3.57. The van der Waals surface area contributed by atoms with Gasteiger partial charge in [-0.25, -0.2) is 4.79 Å². The Balaban J connectivity index is 2.41. The molecule has 0 aliphatic carbocycles. The van der Waals surface area contributed by atoms with Crippen molar-refractivity contribution < 1.29 is 9.53 Å². The number of fused-ring (bicyclic) bond motifs is 1. The average molecular weight is 261 g/mol. The summed E-state index contributed by atoms with van der Waals surface area (Å²) >= 11 is 0. The molecule has 0 saturated heterocycles. The number of anilines is 1. The van der Waals surface area contributed by atoms with Gasteiger partial charge < -0.3 is 9.64 Å². The average Bonchev–Trinajstić information content (AvgIpc) is 2.35. The van der Waals surface area contributed by atoms with Crippen LogP contribution < -0.4 is 4.90 Å². The van der Waals surface area contributed by atoms with Gasteiger partial charge in [0.25, 0.3) is 0 Å². The van der Waals surface area contributed by atoms with E-state index < -0.39 is 0 Å². The van der Waals surface area contributed by atoms with Crippen molar-refractivity contribution >= 4 is 11.7 Å². The molecule has 0 saturated carbocycles. The Hall–Kier alpha value is -1.51. The molecule has 3 heteroatoms. The van der Waals surface area contributed by atoms with Crippen molar-refractivity contribution in [1.29, 1.82) is 0 Å². The van der Waals surface area contributed by atoms with Gasteiger partial charge in [0, 0.05) is 18.3 Å². The van der Waals surface area contributed by atoms with Crippen LogP contribution in [0.1, 0.15) is 56.0 Å². The normalized spacial score (nSPS) is 20.9. The number of ether oxygens (including phenoxy) is 1. The summed E-state index contributed by atoms with van der Waals surface area (Å²) in [7, 11) is 2.12. The Bertz CT molecular complexity index is 494. The lowest BCUT2D eigenvalue weighted by Gasteiger charge is -2.45. The molecule has 1 aliphatic rings. The summed E-state index contributed by atoms with van der Waals surface area (Å²) in [6.45, 7) is 8.98. The van der Waals surface area contributed by atoms with E-state index in [1.807, 2.05) is 25.1 Å². The Morgan fingerprint density at radius 3 is 2.79 bits per heavy atom. The molecule has 1 atom stereocenters. The molecule has 1 heterocycles. The van der Waals surface area contributed by atoms with E-state index in [1.54, 1.807) is 0 Å². The lowest BCUT2D eigenvalue weighted by atomic mass is 9.80. The van der Waals surface area contributed by atoms with Gasteiger partial charge in [-0.1, -0.05) is 6.92 Å². The third-order valence-electron chi connectivity index (χ3n) is 4.14. The number of nitrogens with zero attached hydrogens (tertiary/aromatic N) is 1. The summed E-state index contributed by atoms with van der Waals surface area (Å²) in [6.07, 6.45) is 1.09. The zero-order chi connectivity index (χ0) is 14.2. The highest BCUT2D eigenvalue weighted by Gasteiger charge is 2.34. The largest absolute Gasteiger partial charge is 0.462 e. The molecule has 0 unspecified atom stereocenters. The van der Waals surface area contributed by atoms with Gasteiger partial charge in [-0.3, -0.25) is 0 Å².